The summed E-state index contributed by atoms with van der Waals surface area (Å²) in [6, 6.07) is 8.41. The molecule has 0 spiro atoms. The van der Waals surface area contributed by atoms with Crippen molar-refractivity contribution in [1.82, 2.24) is 9.88 Å². The fraction of sp³-hybridized carbons (Fsp3) is 0.421. The van der Waals surface area contributed by atoms with Crippen molar-refractivity contribution >= 4 is 5.91 Å². The first-order valence-corrected chi connectivity index (χ1v) is 7.94. The molecule has 2 aromatic rings. The third-order valence-corrected chi connectivity index (χ3v) is 4.37. The minimum Gasteiger partial charge on any atom is -0.383 e. The van der Waals surface area contributed by atoms with Crippen molar-refractivity contribution < 1.29 is 9.53 Å². The Bertz CT molecular complexity index is 702. The van der Waals surface area contributed by atoms with Gasteiger partial charge in [0.1, 0.15) is 5.69 Å². The molecular weight excluding hydrogens is 288 g/mol. The Hall–Kier alpha value is -2.07. The minimum absolute atomic E-state index is 0.0385. The number of hydrogen-bond acceptors (Lipinski definition) is 2. The molecule has 0 aliphatic carbocycles. The van der Waals surface area contributed by atoms with Gasteiger partial charge in [0.25, 0.3) is 5.91 Å². The summed E-state index contributed by atoms with van der Waals surface area (Å²) in [6.07, 6.45) is 0. The van der Waals surface area contributed by atoms with Crippen LogP contribution in [0.3, 0.4) is 0 Å². The molecule has 0 atom stereocenters. The van der Waals surface area contributed by atoms with Gasteiger partial charge in [-0.2, -0.15) is 0 Å². The zero-order valence-electron chi connectivity index (χ0n) is 14.7. The lowest BCUT2D eigenvalue weighted by Gasteiger charge is -2.13. The number of aryl methyl sites for hydroxylation is 1. The van der Waals surface area contributed by atoms with E-state index in [9.17, 15) is 4.79 Å². The van der Waals surface area contributed by atoms with Crippen LogP contribution in [0, 0.1) is 27.7 Å². The smallest absolute Gasteiger partial charge is 0.268 e. The molecule has 1 amide bonds. The molecular formula is C19H26N2O2. The van der Waals surface area contributed by atoms with Crippen LogP contribution in [0.2, 0.25) is 0 Å². The summed E-state index contributed by atoms with van der Waals surface area (Å²) < 4.78 is 7.12. The van der Waals surface area contributed by atoms with Crippen molar-refractivity contribution in [3.8, 4) is 0 Å². The molecule has 1 heterocycles. The Kier molecular flexibility index (Phi) is 5.61. The average molecular weight is 314 g/mol. The number of aromatic nitrogens is 1. The molecule has 0 saturated carbocycles. The van der Waals surface area contributed by atoms with Gasteiger partial charge in [0, 0.05) is 25.9 Å². The van der Waals surface area contributed by atoms with Gasteiger partial charge in [-0.1, -0.05) is 29.8 Å². The van der Waals surface area contributed by atoms with Gasteiger partial charge in [-0.3, -0.25) is 4.79 Å². The summed E-state index contributed by atoms with van der Waals surface area (Å²) >= 11 is 0. The molecule has 0 aliphatic rings. The molecule has 1 aromatic heterocycles. The van der Waals surface area contributed by atoms with Crippen molar-refractivity contribution in [2.24, 2.45) is 0 Å². The zero-order valence-corrected chi connectivity index (χ0v) is 14.7. The lowest BCUT2D eigenvalue weighted by molar-refractivity contribution is 0.0927. The molecule has 0 aliphatic heterocycles. The van der Waals surface area contributed by atoms with E-state index in [4.69, 9.17) is 4.74 Å². The monoisotopic (exact) mass is 314 g/mol. The fourth-order valence-corrected chi connectivity index (χ4v) is 2.86. The van der Waals surface area contributed by atoms with Crippen LogP contribution in [0.5, 0.6) is 0 Å². The summed E-state index contributed by atoms with van der Waals surface area (Å²) in [7, 11) is 1.63. The van der Waals surface area contributed by atoms with E-state index in [1.54, 1.807) is 7.11 Å². The lowest BCUT2D eigenvalue weighted by Crippen LogP contribution is -2.29. The molecule has 23 heavy (non-hydrogen) atoms. The standard InChI is InChI=1S/C19H26N2O2/c1-13-7-6-8-17(11-13)12-21-16(4)14(2)15(3)18(21)19(22)20-9-10-23-5/h6-8,11H,9-10,12H2,1-5H3,(H,20,22). The van der Waals surface area contributed by atoms with Crippen LogP contribution in [0.15, 0.2) is 24.3 Å². The summed E-state index contributed by atoms with van der Waals surface area (Å²) in [6.45, 7) is 9.98. The zero-order chi connectivity index (χ0) is 17.0. The SMILES string of the molecule is COCCNC(=O)c1c(C)c(C)c(C)n1Cc1cccc(C)c1. The number of hydrogen-bond donors (Lipinski definition) is 1. The molecule has 1 aromatic carbocycles. The first-order chi connectivity index (χ1) is 11.0. The molecule has 4 heteroatoms. The third-order valence-electron chi connectivity index (χ3n) is 4.37. The Morgan fingerprint density at radius 1 is 1.17 bits per heavy atom. The molecule has 124 valence electrons. The normalized spacial score (nSPS) is 10.8. The van der Waals surface area contributed by atoms with Gasteiger partial charge >= 0.3 is 0 Å². The molecule has 0 radical (unpaired) electrons. The lowest BCUT2D eigenvalue weighted by atomic mass is 10.1. The number of carbonyl (C=O) groups excluding carboxylic acids is 1. The molecule has 4 nitrogen and oxygen atoms in total. The Balaban J connectivity index is 2.34. The largest absolute Gasteiger partial charge is 0.383 e. The molecule has 0 bridgehead atoms. The number of methoxy groups -OCH3 is 1. The van der Waals surface area contributed by atoms with Gasteiger partial charge in [0.05, 0.1) is 6.61 Å². The van der Waals surface area contributed by atoms with E-state index in [0.717, 1.165) is 17.0 Å². The maximum atomic E-state index is 12.6. The predicted octanol–water partition coefficient (Wildman–Crippen LogP) is 3.15. The number of carbonyl (C=O) groups is 1. The van der Waals surface area contributed by atoms with Crippen LogP contribution in [-0.4, -0.2) is 30.7 Å². The molecule has 0 saturated heterocycles. The van der Waals surface area contributed by atoms with Crippen molar-refractivity contribution in [3.05, 3.63) is 57.9 Å². The van der Waals surface area contributed by atoms with Gasteiger partial charge in [0.2, 0.25) is 0 Å². The van der Waals surface area contributed by atoms with E-state index in [1.807, 2.05) is 6.92 Å². The van der Waals surface area contributed by atoms with Crippen LogP contribution in [0.25, 0.3) is 0 Å². The minimum atomic E-state index is -0.0385. The Morgan fingerprint density at radius 3 is 2.57 bits per heavy atom. The van der Waals surface area contributed by atoms with Gasteiger partial charge in [-0.25, -0.2) is 0 Å². The Labute approximate surface area is 138 Å². The quantitative estimate of drug-likeness (QED) is 0.832. The second-order valence-electron chi connectivity index (χ2n) is 6.01. The number of nitrogens with one attached hydrogen (secondary N) is 1. The maximum Gasteiger partial charge on any atom is 0.268 e. The van der Waals surface area contributed by atoms with E-state index in [-0.39, 0.29) is 5.91 Å². The van der Waals surface area contributed by atoms with E-state index in [1.165, 1.54) is 16.7 Å². The van der Waals surface area contributed by atoms with Crippen LogP contribution in [-0.2, 0) is 11.3 Å². The number of nitrogens with zero attached hydrogens (tertiary/aromatic N) is 1. The molecule has 2 rings (SSSR count). The van der Waals surface area contributed by atoms with E-state index in [0.29, 0.717) is 19.7 Å². The topological polar surface area (TPSA) is 43.3 Å². The summed E-state index contributed by atoms with van der Waals surface area (Å²) in [5.74, 6) is -0.0385. The first kappa shape index (κ1) is 17.3. The number of benzene rings is 1. The third kappa shape index (κ3) is 3.82. The highest BCUT2D eigenvalue weighted by molar-refractivity contribution is 5.95. The number of amides is 1. The maximum absolute atomic E-state index is 12.6. The van der Waals surface area contributed by atoms with Gasteiger partial charge in [-0.15, -0.1) is 0 Å². The Morgan fingerprint density at radius 2 is 1.91 bits per heavy atom. The highest BCUT2D eigenvalue weighted by Crippen LogP contribution is 2.23. The number of rotatable bonds is 6. The highest BCUT2D eigenvalue weighted by atomic mass is 16.5. The van der Waals surface area contributed by atoms with Crippen molar-refractivity contribution in [2.45, 2.75) is 34.2 Å². The van der Waals surface area contributed by atoms with Crippen LogP contribution >= 0.6 is 0 Å². The van der Waals surface area contributed by atoms with Gasteiger partial charge in [-0.05, 0) is 44.4 Å². The van der Waals surface area contributed by atoms with E-state index in [2.05, 4.69) is 54.9 Å². The molecule has 0 fully saturated rings. The first-order valence-electron chi connectivity index (χ1n) is 7.94. The van der Waals surface area contributed by atoms with Gasteiger partial charge < -0.3 is 14.6 Å². The summed E-state index contributed by atoms with van der Waals surface area (Å²) in [4.78, 5) is 12.6. The summed E-state index contributed by atoms with van der Waals surface area (Å²) in [5, 5.41) is 2.93. The van der Waals surface area contributed by atoms with Crippen LogP contribution in [0.4, 0.5) is 0 Å². The van der Waals surface area contributed by atoms with E-state index >= 15 is 0 Å². The molecule has 0 unspecified atom stereocenters. The highest BCUT2D eigenvalue weighted by Gasteiger charge is 2.20. The van der Waals surface area contributed by atoms with Crippen LogP contribution in [0.1, 0.15) is 38.4 Å². The second kappa shape index (κ2) is 7.47. The van der Waals surface area contributed by atoms with Crippen molar-refractivity contribution in [2.75, 3.05) is 20.3 Å². The molecule has 1 N–H and O–H groups in total. The van der Waals surface area contributed by atoms with Gasteiger partial charge in [0.15, 0.2) is 0 Å². The number of ether oxygens (including phenoxy) is 1. The fourth-order valence-electron chi connectivity index (χ4n) is 2.86. The van der Waals surface area contributed by atoms with Crippen molar-refractivity contribution in [3.63, 3.8) is 0 Å². The predicted molar refractivity (Wildman–Crippen MR) is 93.1 cm³/mol. The summed E-state index contributed by atoms with van der Waals surface area (Å²) in [5.41, 5.74) is 6.54. The average Bonchev–Trinajstić information content (AvgIpc) is 2.72. The van der Waals surface area contributed by atoms with E-state index < -0.39 is 0 Å². The van der Waals surface area contributed by atoms with Crippen molar-refractivity contribution in [1.29, 1.82) is 0 Å². The van der Waals surface area contributed by atoms with Crippen LogP contribution < -0.4 is 5.32 Å². The second-order valence-corrected chi connectivity index (χ2v) is 6.01.